The predicted molar refractivity (Wildman–Crippen MR) is 98.7 cm³/mol. The maximum Gasteiger partial charge on any atom is 0.192 e. The maximum atomic E-state index is 11.0. The van der Waals surface area contributed by atoms with Crippen molar-refractivity contribution in [2.24, 2.45) is 0 Å². The van der Waals surface area contributed by atoms with E-state index in [1.165, 1.54) is 0 Å². The molecule has 2 atom stereocenters. The van der Waals surface area contributed by atoms with Gasteiger partial charge in [0.25, 0.3) is 0 Å². The summed E-state index contributed by atoms with van der Waals surface area (Å²) in [6, 6.07) is 5.25. The summed E-state index contributed by atoms with van der Waals surface area (Å²) < 4.78 is 18.0. The molecule has 1 aliphatic rings. The molecule has 0 amide bonds. The highest BCUT2D eigenvalue weighted by molar-refractivity contribution is 6.74. The second-order valence-electron chi connectivity index (χ2n) is 8.08. The van der Waals surface area contributed by atoms with Gasteiger partial charge in [-0.25, -0.2) is 0 Å². The van der Waals surface area contributed by atoms with E-state index in [4.69, 9.17) is 13.9 Å². The van der Waals surface area contributed by atoms with Crippen LogP contribution in [0.15, 0.2) is 18.2 Å². The van der Waals surface area contributed by atoms with Crippen LogP contribution in [0.25, 0.3) is 0 Å². The first-order chi connectivity index (χ1) is 11.2. The zero-order chi connectivity index (χ0) is 18.0. The van der Waals surface area contributed by atoms with Gasteiger partial charge in [-0.3, -0.25) is 4.79 Å². The van der Waals surface area contributed by atoms with Gasteiger partial charge < -0.3 is 13.9 Å². The van der Waals surface area contributed by atoms with Crippen LogP contribution in [0.3, 0.4) is 0 Å². The molecule has 2 rings (SSSR count). The van der Waals surface area contributed by atoms with Crippen molar-refractivity contribution in [3.05, 3.63) is 23.8 Å². The summed E-state index contributed by atoms with van der Waals surface area (Å²) in [5.74, 6) is 1.30. The van der Waals surface area contributed by atoms with E-state index >= 15 is 0 Å². The van der Waals surface area contributed by atoms with E-state index in [1.807, 2.05) is 0 Å². The molecule has 0 N–H and O–H groups in total. The van der Waals surface area contributed by atoms with Crippen molar-refractivity contribution in [1.29, 1.82) is 0 Å². The largest absolute Gasteiger partial charge is 0.493 e. The number of hydrogen-bond acceptors (Lipinski definition) is 4. The van der Waals surface area contributed by atoms with E-state index in [0.717, 1.165) is 25.5 Å². The highest BCUT2D eigenvalue weighted by Crippen LogP contribution is 2.40. The van der Waals surface area contributed by atoms with E-state index in [1.54, 1.807) is 25.3 Å². The minimum Gasteiger partial charge on any atom is -0.493 e. The Kier molecular flexibility index (Phi) is 5.76. The van der Waals surface area contributed by atoms with E-state index in [-0.39, 0.29) is 17.2 Å². The molecule has 1 saturated carbocycles. The lowest BCUT2D eigenvalue weighted by molar-refractivity contribution is 0.112. The summed E-state index contributed by atoms with van der Waals surface area (Å²) in [6.07, 6.45) is 4.07. The molecular weight excluding hydrogens is 320 g/mol. The molecule has 0 aliphatic heterocycles. The molecular formula is C19H30O4Si. The molecule has 0 aromatic heterocycles. The minimum atomic E-state index is -1.75. The molecule has 0 saturated heterocycles. The van der Waals surface area contributed by atoms with Crippen LogP contribution in [-0.2, 0) is 4.43 Å². The zero-order valence-corrected chi connectivity index (χ0v) is 16.7. The number of benzene rings is 1. The Balaban J connectivity index is 2.01. The normalized spacial score (nSPS) is 21.6. The summed E-state index contributed by atoms with van der Waals surface area (Å²) in [7, 11) is -0.139. The Morgan fingerprint density at radius 1 is 1.12 bits per heavy atom. The number of rotatable bonds is 6. The molecule has 0 spiro atoms. The molecule has 5 heteroatoms. The van der Waals surface area contributed by atoms with Crippen molar-refractivity contribution < 1.29 is 18.7 Å². The number of carbonyl (C=O) groups excluding carboxylic acids is 1. The molecule has 1 aromatic rings. The Morgan fingerprint density at radius 3 is 2.38 bits per heavy atom. The monoisotopic (exact) mass is 350 g/mol. The van der Waals surface area contributed by atoms with Crippen molar-refractivity contribution in [1.82, 2.24) is 0 Å². The SMILES string of the molecule is COc1ccc(C=O)cc1O[C@H]1CC[C@H](O[Si](C)(C)C(C)(C)C)C1. The average Bonchev–Trinajstić information content (AvgIpc) is 2.92. The number of hydrogen-bond donors (Lipinski definition) is 0. The molecule has 0 unspecified atom stereocenters. The summed E-state index contributed by atoms with van der Waals surface area (Å²) in [6.45, 7) is 11.4. The van der Waals surface area contributed by atoms with Crippen LogP contribution in [0.4, 0.5) is 0 Å². The van der Waals surface area contributed by atoms with Crippen molar-refractivity contribution in [3.8, 4) is 11.5 Å². The van der Waals surface area contributed by atoms with Crippen LogP contribution in [0, 0.1) is 0 Å². The van der Waals surface area contributed by atoms with E-state index in [2.05, 4.69) is 33.9 Å². The van der Waals surface area contributed by atoms with Crippen LogP contribution >= 0.6 is 0 Å². The van der Waals surface area contributed by atoms with Gasteiger partial charge in [-0.1, -0.05) is 20.8 Å². The van der Waals surface area contributed by atoms with Crippen LogP contribution in [-0.4, -0.2) is 33.9 Å². The highest BCUT2D eigenvalue weighted by atomic mass is 28.4. The third-order valence-corrected chi connectivity index (χ3v) is 9.76. The lowest BCUT2D eigenvalue weighted by Crippen LogP contribution is -2.43. The molecule has 134 valence electrons. The second-order valence-corrected chi connectivity index (χ2v) is 12.8. The summed E-state index contributed by atoms with van der Waals surface area (Å²) in [5.41, 5.74) is 0.595. The third-order valence-electron chi connectivity index (χ3n) is 5.22. The van der Waals surface area contributed by atoms with Crippen molar-refractivity contribution in [3.63, 3.8) is 0 Å². The van der Waals surface area contributed by atoms with Gasteiger partial charge in [-0.2, -0.15) is 0 Å². The van der Waals surface area contributed by atoms with Gasteiger partial charge in [0.2, 0.25) is 0 Å². The molecule has 1 aliphatic carbocycles. The van der Waals surface area contributed by atoms with E-state index < -0.39 is 8.32 Å². The quantitative estimate of drug-likeness (QED) is 0.544. The Hall–Kier alpha value is -1.33. The van der Waals surface area contributed by atoms with Gasteiger partial charge in [0, 0.05) is 18.1 Å². The number of methoxy groups -OCH3 is 1. The van der Waals surface area contributed by atoms with E-state index in [9.17, 15) is 4.79 Å². The van der Waals surface area contributed by atoms with Crippen LogP contribution in [0.1, 0.15) is 50.4 Å². The number of ether oxygens (including phenoxy) is 2. The zero-order valence-electron chi connectivity index (χ0n) is 15.7. The number of carbonyl (C=O) groups is 1. The van der Waals surface area contributed by atoms with Gasteiger partial charge in [-0.15, -0.1) is 0 Å². The molecule has 24 heavy (non-hydrogen) atoms. The fourth-order valence-corrected chi connectivity index (χ4v) is 4.15. The molecule has 1 aromatic carbocycles. The second kappa shape index (κ2) is 7.27. The lowest BCUT2D eigenvalue weighted by Gasteiger charge is -2.38. The fourth-order valence-electron chi connectivity index (χ4n) is 2.75. The minimum absolute atomic E-state index is 0.107. The van der Waals surface area contributed by atoms with Crippen LogP contribution in [0.5, 0.6) is 11.5 Å². The Bertz CT molecular complexity index is 577. The van der Waals surface area contributed by atoms with Gasteiger partial charge in [0.15, 0.2) is 19.8 Å². The summed E-state index contributed by atoms with van der Waals surface area (Å²) in [5, 5.41) is 0.216. The highest BCUT2D eigenvalue weighted by Gasteiger charge is 2.41. The van der Waals surface area contributed by atoms with Crippen molar-refractivity contribution >= 4 is 14.6 Å². The molecule has 0 heterocycles. The maximum absolute atomic E-state index is 11.0. The van der Waals surface area contributed by atoms with Gasteiger partial charge in [0.05, 0.1) is 7.11 Å². The standard InChI is InChI=1S/C19H30O4Si/c1-19(2,3)24(5,6)23-16-9-8-15(12-16)22-18-11-14(13-20)7-10-17(18)21-4/h7,10-11,13,15-16H,8-9,12H2,1-6H3/t15-,16-/m0/s1. The smallest absolute Gasteiger partial charge is 0.192 e. The molecule has 1 fully saturated rings. The summed E-state index contributed by atoms with van der Waals surface area (Å²) in [4.78, 5) is 11.0. The first-order valence-electron chi connectivity index (χ1n) is 8.64. The molecule has 0 bridgehead atoms. The molecule has 0 radical (unpaired) electrons. The van der Waals surface area contributed by atoms with Crippen molar-refractivity contribution in [2.45, 2.75) is 70.4 Å². The first-order valence-corrected chi connectivity index (χ1v) is 11.5. The van der Waals surface area contributed by atoms with Gasteiger partial charge in [0.1, 0.15) is 12.4 Å². The van der Waals surface area contributed by atoms with E-state index in [0.29, 0.717) is 17.1 Å². The third kappa shape index (κ3) is 4.39. The first kappa shape index (κ1) is 19.0. The van der Waals surface area contributed by atoms with Gasteiger partial charge in [-0.05, 0) is 49.2 Å². The average molecular weight is 351 g/mol. The van der Waals surface area contributed by atoms with Crippen LogP contribution in [0.2, 0.25) is 18.1 Å². The predicted octanol–water partition coefficient (Wildman–Crippen LogP) is 4.83. The van der Waals surface area contributed by atoms with Crippen molar-refractivity contribution in [2.75, 3.05) is 7.11 Å². The lowest BCUT2D eigenvalue weighted by atomic mass is 10.2. The van der Waals surface area contributed by atoms with Gasteiger partial charge >= 0.3 is 0 Å². The Morgan fingerprint density at radius 2 is 1.79 bits per heavy atom. The fraction of sp³-hybridized carbons (Fsp3) is 0.632. The number of aldehydes is 1. The topological polar surface area (TPSA) is 44.8 Å². The summed E-state index contributed by atoms with van der Waals surface area (Å²) >= 11 is 0. The Labute approximate surface area is 146 Å². The molecule has 4 nitrogen and oxygen atoms in total. The van der Waals surface area contributed by atoms with Crippen LogP contribution < -0.4 is 9.47 Å².